The Morgan fingerprint density at radius 1 is 1.14 bits per heavy atom. The van der Waals surface area contributed by atoms with Crippen molar-refractivity contribution < 1.29 is 8.78 Å². The summed E-state index contributed by atoms with van der Waals surface area (Å²) in [6, 6.07) is 9.20. The third kappa shape index (κ3) is 4.50. The second-order valence-corrected chi connectivity index (χ2v) is 6.03. The molecular weight excluding hydrogens is 360 g/mol. The molecular formula is C16H15BrClF2N. The van der Waals surface area contributed by atoms with Crippen LogP contribution in [0.3, 0.4) is 0 Å². The van der Waals surface area contributed by atoms with E-state index in [-0.39, 0.29) is 6.04 Å². The summed E-state index contributed by atoms with van der Waals surface area (Å²) >= 11 is 9.39. The molecule has 0 spiro atoms. The molecule has 112 valence electrons. The Hall–Kier alpha value is -0.970. The number of benzene rings is 2. The average Bonchev–Trinajstić information content (AvgIpc) is 2.40. The van der Waals surface area contributed by atoms with Gasteiger partial charge in [-0.25, -0.2) is 8.78 Å². The molecule has 2 aromatic carbocycles. The highest BCUT2D eigenvalue weighted by Gasteiger charge is 2.14. The Balaban J connectivity index is 2.27. The van der Waals surface area contributed by atoms with E-state index in [2.05, 4.69) is 21.2 Å². The van der Waals surface area contributed by atoms with Crippen molar-refractivity contribution >= 4 is 27.5 Å². The van der Waals surface area contributed by atoms with E-state index in [1.165, 1.54) is 12.1 Å². The van der Waals surface area contributed by atoms with Crippen LogP contribution >= 0.6 is 27.5 Å². The maximum Gasteiger partial charge on any atom is 0.126 e. The van der Waals surface area contributed by atoms with Gasteiger partial charge in [0.25, 0.3) is 0 Å². The van der Waals surface area contributed by atoms with Gasteiger partial charge in [0.15, 0.2) is 0 Å². The van der Waals surface area contributed by atoms with E-state index < -0.39 is 11.6 Å². The second kappa shape index (κ2) is 7.34. The van der Waals surface area contributed by atoms with Crippen LogP contribution in [0.4, 0.5) is 8.78 Å². The second-order valence-electron chi connectivity index (χ2n) is 4.77. The minimum Gasteiger partial charge on any atom is -0.310 e. The first kappa shape index (κ1) is 16.4. The molecule has 2 rings (SSSR count). The van der Waals surface area contributed by atoms with Crippen molar-refractivity contribution in [3.8, 4) is 0 Å². The fourth-order valence-corrected chi connectivity index (χ4v) is 2.76. The molecule has 0 radical (unpaired) electrons. The molecule has 0 bridgehead atoms. The number of nitrogens with one attached hydrogen (secondary N) is 1. The van der Waals surface area contributed by atoms with Gasteiger partial charge in [0.05, 0.1) is 5.02 Å². The predicted octanol–water partition coefficient (Wildman–Crippen LogP) is 5.27. The van der Waals surface area contributed by atoms with Gasteiger partial charge in [-0.05, 0) is 64.3 Å². The Kier molecular flexibility index (Phi) is 5.73. The van der Waals surface area contributed by atoms with Crippen LogP contribution in [0.1, 0.15) is 24.1 Å². The van der Waals surface area contributed by atoms with E-state index >= 15 is 0 Å². The van der Waals surface area contributed by atoms with Crippen LogP contribution in [0, 0.1) is 11.6 Å². The standard InChI is InChI=1S/C16H15BrClF2N/c1-2-21-16(11-3-4-15(18)14(17)8-11)7-10-5-12(19)9-13(20)6-10/h3-6,8-9,16,21H,2,7H2,1H3. The van der Waals surface area contributed by atoms with Crippen LogP contribution < -0.4 is 5.32 Å². The summed E-state index contributed by atoms with van der Waals surface area (Å²) in [5.41, 5.74) is 1.63. The van der Waals surface area contributed by atoms with Crippen LogP contribution in [0.2, 0.25) is 5.02 Å². The van der Waals surface area contributed by atoms with Gasteiger partial charge in [-0.15, -0.1) is 0 Å². The van der Waals surface area contributed by atoms with Gasteiger partial charge in [-0.2, -0.15) is 0 Å². The number of hydrogen-bond donors (Lipinski definition) is 1. The van der Waals surface area contributed by atoms with E-state index in [9.17, 15) is 8.78 Å². The van der Waals surface area contributed by atoms with Crippen molar-refractivity contribution in [3.63, 3.8) is 0 Å². The van der Waals surface area contributed by atoms with Crippen LogP contribution in [0.25, 0.3) is 0 Å². The number of rotatable bonds is 5. The van der Waals surface area contributed by atoms with Gasteiger partial charge in [0, 0.05) is 16.6 Å². The Morgan fingerprint density at radius 3 is 2.38 bits per heavy atom. The molecule has 0 aliphatic heterocycles. The summed E-state index contributed by atoms with van der Waals surface area (Å²) < 4.78 is 27.4. The lowest BCUT2D eigenvalue weighted by molar-refractivity contribution is 0.539. The lowest BCUT2D eigenvalue weighted by atomic mass is 9.98. The molecule has 0 saturated carbocycles. The normalized spacial score (nSPS) is 12.4. The van der Waals surface area contributed by atoms with Crippen molar-refractivity contribution in [3.05, 3.63) is 68.7 Å². The molecule has 21 heavy (non-hydrogen) atoms. The summed E-state index contributed by atoms with van der Waals surface area (Å²) in [5.74, 6) is -1.12. The topological polar surface area (TPSA) is 12.0 Å². The van der Waals surface area contributed by atoms with E-state index in [1.807, 2.05) is 19.1 Å². The number of likely N-dealkylation sites (N-methyl/N-ethyl adjacent to an activating group) is 1. The summed E-state index contributed by atoms with van der Waals surface area (Å²) in [6.07, 6.45) is 0.497. The highest BCUT2D eigenvalue weighted by Crippen LogP contribution is 2.28. The summed E-state index contributed by atoms with van der Waals surface area (Å²) in [7, 11) is 0. The van der Waals surface area contributed by atoms with Crippen molar-refractivity contribution in [2.45, 2.75) is 19.4 Å². The zero-order valence-corrected chi connectivity index (χ0v) is 13.8. The van der Waals surface area contributed by atoms with E-state index in [0.717, 1.165) is 22.6 Å². The molecule has 1 nitrogen and oxygen atoms in total. The Labute approximate surface area is 136 Å². The van der Waals surface area contributed by atoms with Crippen LogP contribution in [-0.2, 0) is 6.42 Å². The Morgan fingerprint density at radius 2 is 1.81 bits per heavy atom. The minimum absolute atomic E-state index is 0.0373. The highest BCUT2D eigenvalue weighted by molar-refractivity contribution is 9.10. The van der Waals surface area contributed by atoms with Crippen molar-refractivity contribution in [1.29, 1.82) is 0 Å². The Bertz CT molecular complexity index is 613. The van der Waals surface area contributed by atoms with Gasteiger partial charge in [-0.3, -0.25) is 0 Å². The highest BCUT2D eigenvalue weighted by atomic mass is 79.9. The van der Waals surface area contributed by atoms with Crippen molar-refractivity contribution in [1.82, 2.24) is 5.32 Å². The van der Waals surface area contributed by atoms with E-state index in [4.69, 9.17) is 11.6 Å². The first-order chi connectivity index (χ1) is 9.99. The third-order valence-corrected chi connectivity index (χ3v) is 4.37. The van der Waals surface area contributed by atoms with Gasteiger partial charge in [0.2, 0.25) is 0 Å². The molecule has 0 aliphatic rings. The molecule has 0 aromatic heterocycles. The molecule has 1 N–H and O–H groups in total. The average molecular weight is 375 g/mol. The summed E-state index contributed by atoms with van der Waals surface area (Å²) in [4.78, 5) is 0. The van der Waals surface area contributed by atoms with Gasteiger partial charge >= 0.3 is 0 Å². The molecule has 1 atom stereocenters. The van der Waals surface area contributed by atoms with E-state index in [0.29, 0.717) is 17.0 Å². The molecule has 0 heterocycles. The minimum atomic E-state index is -0.558. The lowest BCUT2D eigenvalue weighted by Gasteiger charge is -2.19. The maximum absolute atomic E-state index is 13.3. The molecule has 2 aromatic rings. The van der Waals surface area contributed by atoms with Crippen LogP contribution in [-0.4, -0.2) is 6.54 Å². The number of hydrogen-bond acceptors (Lipinski definition) is 1. The van der Waals surface area contributed by atoms with Crippen molar-refractivity contribution in [2.75, 3.05) is 6.54 Å². The SMILES string of the molecule is CCNC(Cc1cc(F)cc(F)c1)c1ccc(Cl)c(Br)c1. The molecule has 0 aliphatic carbocycles. The number of halogens is 4. The van der Waals surface area contributed by atoms with E-state index in [1.54, 1.807) is 6.07 Å². The first-order valence-corrected chi connectivity index (χ1v) is 7.80. The van der Waals surface area contributed by atoms with Crippen LogP contribution in [0.5, 0.6) is 0 Å². The first-order valence-electron chi connectivity index (χ1n) is 6.63. The smallest absolute Gasteiger partial charge is 0.126 e. The molecule has 5 heteroatoms. The maximum atomic E-state index is 13.3. The van der Waals surface area contributed by atoms with Gasteiger partial charge in [0.1, 0.15) is 11.6 Å². The van der Waals surface area contributed by atoms with Crippen LogP contribution in [0.15, 0.2) is 40.9 Å². The zero-order chi connectivity index (χ0) is 15.4. The monoisotopic (exact) mass is 373 g/mol. The fourth-order valence-electron chi connectivity index (χ4n) is 2.25. The summed E-state index contributed by atoms with van der Waals surface area (Å²) in [6.45, 7) is 2.74. The predicted molar refractivity (Wildman–Crippen MR) is 85.6 cm³/mol. The quantitative estimate of drug-likeness (QED) is 0.751. The molecule has 0 saturated heterocycles. The molecule has 0 fully saturated rings. The van der Waals surface area contributed by atoms with Gasteiger partial charge in [-0.1, -0.05) is 24.6 Å². The van der Waals surface area contributed by atoms with Crippen molar-refractivity contribution in [2.24, 2.45) is 0 Å². The fraction of sp³-hybridized carbons (Fsp3) is 0.250. The largest absolute Gasteiger partial charge is 0.310 e. The zero-order valence-electron chi connectivity index (χ0n) is 11.5. The van der Waals surface area contributed by atoms with Gasteiger partial charge < -0.3 is 5.32 Å². The summed E-state index contributed by atoms with van der Waals surface area (Å²) in [5, 5.41) is 3.95. The molecule has 0 amide bonds. The molecule has 1 unspecified atom stereocenters. The third-order valence-electron chi connectivity index (χ3n) is 3.16. The lowest BCUT2D eigenvalue weighted by Crippen LogP contribution is -2.23.